The monoisotopic (exact) mass is 424 g/mol. The second-order valence-electron chi connectivity index (χ2n) is 6.74. The largest absolute Gasteiger partial charge is 0.379 e. The summed E-state index contributed by atoms with van der Waals surface area (Å²) >= 11 is 0. The highest BCUT2D eigenvalue weighted by molar-refractivity contribution is 7.87. The Morgan fingerprint density at radius 3 is 2.38 bits per heavy atom. The number of carbonyl (C=O) groups is 1. The van der Waals surface area contributed by atoms with Crippen LogP contribution in [0.5, 0.6) is 5.75 Å². The predicted molar refractivity (Wildman–Crippen MR) is 104 cm³/mol. The van der Waals surface area contributed by atoms with Gasteiger partial charge in [-0.15, -0.1) is 0 Å². The van der Waals surface area contributed by atoms with Crippen molar-refractivity contribution in [1.29, 1.82) is 0 Å². The molecule has 0 saturated carbocycles. The molecule has 0 spiro atoms. The molecule has 0 aliphatic carbocycles. The van der Waals surface area contributed by atoms with Crippen LogP contribution in [-0.4, -0.2) is 39.0 Å². The first kappa shape index (κ1) is 21.0. The van der Waals surface area contributed by atoms with E-state index in [-0.39, 0.29) is 16.7 Å². The zero-order chi connectivity index (χ0) is 21.0. The van der Waals surface area contributed by atoms with Crippen molar-refractivity contribution in [3.63, 3.8) is 0 Å². The fourth-order valence-electron chi connectivity index (χ4n) is 3.08. The van der Waals surface area contributed by atoms with Gasteiger partial charge in [0.05, 0.1) is 0 Å². The van der Waals surface area contributed by atoms with Crippen molar-refractivity contribution in [2.45, 2.75) is 31.1 Å². The van der Waals surface area contributed by atoms with Crippen molar-refractivity contribution in [3.05, 3.63) is 54.1 Å². The number of hydrogen-bond donors (Lipinski definition) is 0. The normalized spacial score (nSPS) is 14.5. The third-order valence-corrected chi connectivity index (χ3v) is 5.92. The lowest BCUT2D eigenvalue weighted by atomic mass is 10.2. The van der Waals surface area contributed by atoms with Crippen molar-refractivity contribution < 1.29 is 26.2 Å². The number of benzene rings is 2. The molecule has 2 aromatic rings. The zero-order valence-corrected chi connectivity index (χ0v) is 16.8. The number of halogens is 2. The number of anilines is 1. The molecule has 0 radical (unpaired) electrons. The summed E-state index contributed by atoms with van der Waals surface area (Å²) in [6.07, 6.45) is 3.09. The van der Waals surface area contributed by atoms with Gasteiger partial charge in [0.2, 0.25) is 0 Å². The minimum atomic E-state index is -4.23. The van der Waals surface area contributed by atoms with Crippen molar-refractivity contribution >= 4 is 21.8 Å². The molecule has 2 amide bonds. The molecule has 0 bridgehead atoms. The average molecular weight is 424 g/mol. The lowest BCUT2D eigenvalue weighted by Gasteiger charge is -2.19. The highest BCUT2D eigenvalue weighted by Crippen LogP contribution is 2.25. The molecular weight excluding hydrogens is 402 g/mol. The molecular formula is C20H22F2N2O4S. The Labute approximate surface area is 168 Å². The van der Waals surface area contributed by atoms with E-state index in [0.29, 0.717) is 31.4 Å². The first-order valence-corrected chi connectivity index (χ1v) is 10.8. The molecule has 156 valence electrons. The smallest absolute Gasteiger partial charge is 0.339 e. The van der Waals surface area contributed by atoms with E-state index in [4.69, 9.17) is 4.18 Å². The summed E-state index contributed by atoms with van der Waals surface area (Å²) in [5.74, 6) is -2.63. The van der Waals surface area contributed by atoms with E-state index in [2.05, 4.69) is 6.92 Å². The maximum Gasteiger partial charge on any atom is 0.339 e. The molecule has 29 heavy (non-hydrogen) atoms. The van der Waals surface area contributed by atoms with Gasteiger partial charge in [0, 0.05) is 31.4 Å². The van der Waals surface area contributed by atoms with Crippen LogP contribution >= 0.6 is 0 Å². The first-order chi connectivity index (χ1) is 13.8. The Balaban J connectivity index is 1.69. The maximum absolute atomic E-state index is 13.3. The van der Waals surface area contributed by atoms with Gasteiger partial charge < -0.3 is 9.08 Å². The molecule has 1 fully saturated rings. The SMILES string of the molecule is CCCCCN1CCN(c2ccc(S(=O)(=O)Oc3ccc(F)c(F)c3)cc2)C1=O. The molecule has 1 heterocycles. The van der Waals surface area contributed by atoms with Gasteiger partial charge in [-0.1, -0.05) is 19.8 Å². The topological polar surface area (TPSA) is 66.9 Å². The Morgan fingerprint density at radius 1 is 1.00 bits per heavy atom. The van der Waals surface area contributed by atoms with Gasteiger partial charge in [-0.3, -0.25) is 4.90 Å². The minimum absolute atomic E-state index is 0.102. The van der Waals surface area contributed by atoms with Crippen LogP contribution in [-0.2, 0) is 10.1 Å². The third kappa shape index (κ3) is 4.84. The molecule has 0 unspecified atom stereocenters. The van der Waals surface area contributed by atoms with Crippen LogP contribution in [0.1, 0.15) is 26.2 Å². The molecule has 0 aromatic heterocycles. The van der Waals surface area contributed by atoms with E-state index in [0.717, 1.165) is 31.4 Å². The Hall–Kier alpha value is -2.68. The van der Waals surface area contributed by atoms with Gasteiger partial charge >= 0.3 is 16.1 Å². The number of amides is 2. The summed E-state index contributed by atoms with van der Waals surface area (Å²) in [5.41, 5.74) is 0.583. The molecule has 1 aliphatic rings. The number of urea groups is 1. The first-order valence-electron chi connectivity index (χ1n) is 9.38. The number of carbonyl (C=O) groups excluding carboxylic acids is 1. The highest BCUT2D eigenvalue weighted by atomic mass is 32.2. The minimum Gasteiger partial charge on any atom is -0.379 e. The second-order valence-corrected chi connectivity index (χ2v) is 8.28. The fourth-order valence-corrected chi connectivity index (χ4v) is 4.00. The Bertz CT molecular complexity index is 980. The molecule has 2 aromatic carbocycles. The molecule has 6 nitrogen and oxygen atoms in total. The number of nitrogens with zero attached hydrogens (tertiary/aromatic N) is 2. The van der Waals surface area contributed by atoms with Crippen LogP contribution in [0, 0.1) is 11.6 Å². The zero-order valence-electron chi connectivity index (χ0n) is 16.0. The average Bonchev–Trinajstić information content (AvgIpc) is 3.05. The van der Waals surface area contributed by atoms with Crippen LogP contribution in [0.3, 0.4) is 0 Å². The maximum atomic E-state index is 13.3. The van der Waals surface area contributed by atoms with Crippen LogP contribution in [0.15, 0.2) is 47.4 Å². The summed E-state index contributed by atoms with van der Waals surface area (Å²) in [6, 6.07) is 8.06. The molecule has 3 rings (SSSR count). The van der Waals surface area contributed by atoms with Gasteiger partial charge in [-0.25, -0.2) is 13.6 Å². The number of rotatable bonds is 8. The van der Waals surface area contributed by atoms with E-state index in [1.807, 2.05) is 0 Å². The van der Waals surface area contributed by atoms with Crippen LogP contribution < -0.4 is 9.08 Å². The fraction of sp³-hybridized carbons (Fsp3) is 0.350. The summed E-state index contributed by atoms with van der Waals surface area (Å²) in [7, 11) is -4.23. The van der Waals surface area contributed by atoms with E-state index in [9.17, 15) is 22.0 Å². The molecule has 0 atom stereocenters. The van der Waals surface area contributed by atoms with Crippen LogP contribution in [0.4, 0.5) is 19.3 Å². The van der Waals surface area contributed by atoms with Crippen LogP contribution in [0.2, 0.25) is 0 Å². The van der Waals surface area contributed by atoms with E-state index in [1.165, 1.54) is 24.3 Å². The molecule has 0 N–H and O–H groups in total. The summed E-state index contributed by atoms with van der Waals surface area (Å²) < 4.78 is 55.8. The quantitative estimate of drug-likeness (QED) is 0.471. The van der Waals surface area contributed by atoms with Crippen molar-refractivity contribution in [3.8, 4) is 5.75 Å². The van der Waals surface area contributed by atoms with E-state index < -0.39 is 21.8 Å². The van der Waals surface area contributed by atoms with Crippen molar-refractivity contribution in [1.82, 2.24) is 4.90 Å². The van der Waals surface area contributed by atoms with E-state index in [1.54, 1.807) is 9.80 Å². The van der Waals surface area contributed by atoms with Crippen molar-refractivity contribution in [2.24, 2.45) is 0 Å². The Kier molecular flexibility index (Phi) is 6.36. The molecule has 1 saturated heterocycles. The summed E-state index contributed by atoms with van der Waals surface area (Å²) in [5, 5.41) is 0. The molecule has 1 aliphatic heterocycles. The predicted octanol–water partition coefficient (Wildman–Crippen LogP) is 4.16. The lowest BCUT2D eigenvalue weighted by molar-refractivity contribution is 0.219. The van der Waals surface area contributed by atoms with Gasteiger partial charge in [-0.05, 0) is 42.8 Å². The Morgan fingerprint density at radius 2 is 1.72 bits per heavy atom. The van der Waals surface area contributed by atoms with Gasteiger partial charge in [0.1, 0.15) is 10.6 Å². The molecule has 9 heteroatoms. The van der Waals surface area contributed by atoms with Crippen molar-refractivity contribution in [2.75, 3.05) is 24.5 Å². The second kappa shape index (κ2) is 8.77. The lowest BCUT2D eigenvalue weighted by Crippen LogP contribution is -2.32. The van der Waals surface area contributed by atoms with E-state index >= 15 is 0 Å². The number of unbranched alkanes of at least 4 members (excludes halogenated alkanes) is 2. The number of hydrogen-bond acceptors (Lipinski definition) is 4. The highest BCUT2D eigenvalue weighted by Gasteiger charge is 2.29. The van der Waals surface area contributed by atoms with Gasteiger partial charge in [0.15, 0.2) is 11.6 Å². The summed E-state index contributed by atoms with van der Waals surface area (Å²) in [4.78, 5) is 15.8. The van der Waals surface area contributed by atoms with Gasteiger partial charge in [0.25, 0.3) is 0 Å². The van der Waals surface area contributed by atoms with Gasteiger partial charge in [-0.2, -0.15) is 8.42 Å². The standard InChI is InChI=1S/C20H22F2N2O4S/c1-2-3-4-11-23-12-13-24(20(23)25)15-5-8-17(9-6-15)29(26,27)28-16-7-10-18(21)19(22)14-16/h5-10,14H,2-4,11-13H2,1H3. The third-order valence-electron chi connectivity index (χ3n) is 4.66. The van der Waals surface area contributed by atoms with Crippen LogP contribution in [0.25, 0.3) is 0 Å². The summed E-state index contributed by atoms with van der Waals surface area (Å²) in [6.45, 7) is 3.96.